The summed E-state index contributed by atoms with van der Waals surface area (Å²) in [5.74, 6) is -1.90. The summed E-state index contributed by atoms with van der Waals surface area (Å²) in [7, 11) is 0. The molecule has 1 saturated heterocycles. The molecule has 5 N–H and O–H groups in total. The van der Waals surface area contributed by atoms with Crippen LogP contribution in [0, 0.1) is 23.2 Å². The summed E-state index contributed by atoms with van der Waals surface area (Å²) < 4.78 is 0. The fraction of sp³-hybridized carbons (Fsp3) is 0.848. The van der Waals surface area contributed by atoms with Crippen molar-refractivity contribution in [3.05, 3.63) is 0 Å². The summed E-state index contributed by atoms with van der Waals surface area (Å²) in [6, 6.07) is -3.17. The van der Waals surface area contributed by atoms with E-state index in [0.29, 0.717) is 25.3 Å². The second-order valence-corrected chi connectivity index (χ2v) is 14.7. The van der Waals surface area contributed by atoms with Crippen LogP contribution >= 0.6 is 0 Å². The zero-order valence-electron chi connectivity index (χ0n) is 26.8. The molecule has 10 heteroatoms. The van der Waals surface area contributed by atoms with E-state index in [9.17, 15) is 24.0 Å². The molecule has 4 aliphatic rings. The normalized spacial score (nSPS) is 25.6. The number of carbonyl (C=O) groups excluding carboxylic acids is 5. The lowest BCUT2D eigenvalue weighted by Crippen LogP contribution is -2.71. The van der Waals surface area contributed by atoms with Crippen LogP contribution in [0.3, 0.4) is 0 Å². The van der Waals surface area contributed by atoms with Gasteiger partial charge in [0, 0.05) is 18.5 Å². The summed E-state index contributed by atoms with van der Waals surface area (Å²) in [5.41, 5.74) is 5.79. The Balaban J connectivity index is 1.51. The van der Waals surface area contributed by atoms with Crippen LogP contribution in [0.4, 0.5) is 0 Å². The number of Topliss-reactive ketones (excluding diaryl/α,β-unsaturated/α-hetero) is 1. The Morgan fingerprint density at radius 2 is 1.47 bits per heavy atom. The molecule has 43 heavy (non-hydrogen) atoms. The lowest BCUT2D eigenvalue weighted by atomic mass is 9.70. The first kappa shape index (κ1) is 33.4. The number of amides is 4. The monoisotopic (exact) mass is 601 g/mol. The van der Waals surface area contributed by atoms with Crippen molar-refractivity contribution >= 4 is 29.4 Å². The zero-order valence-corrected chi connectivity index (χ0v) is 26.8. The Kier molecular flexibility index (Phi) is 11.3. The topological polar surface area (TPSA) is 151 Å². The Morgan fingerprint density at radius 3 is 2.02 bits per heavy atom. The van der Waals surface area contributed by atoms with E-state index in [1.165, 1.54) is 6.42 Å². The van der Waals surface area contributed by atoms with Crippen molar-refractivity contribution in [1.29, 1.82) is 0 Å². The molecule has 0 aromatic heterocycles. The third kappa shape index (κ3) is 8.37. The minimum Gasteiger partial charge on any atom is -0.347 e. The summed E-state index contributed by atoms with van der Waals surface area (Å²) in [6.45, 7) is 8.06. The molecule has 3 aliphatic carbocycles. The van der Waals surface area contributed by atoms with E-state index in [-0.39, 0.29) is 35.6 Å². The highest BCUT2D eigenvalue weighted by Gasteiger charge is 2.53. The molecule has 0 aromatic carbocycles. The predicted octanol–water partition coefficient (Wildman–Crippen LogP) is 2.96. The minimum atomic E-state index is -0.938. The molecule has 3 saturated carbocycles. The van der Waals surface area contributed by atoms with E-state index in [1.54, 1.807) is 4.90 Å². The maximum atomic E-state index is 14.2. The van der Waals surface area contributed by atoms with Gasteiger partial charge in [0.15, 0.2) is 0 Å². The standard InChI is InChI=1S/C33H55N5O5/c1-5-12-24(27(39)31(42)35-22-17-18-22)36-30(41)26-23(20-13-8-6-9-14-20)19-38(26)32(43)28(33(2,3)4)37-29(40)25(34)21-15-10-7-11-16-21/h20-26,28H,5-19,34H2,1-4H3,(H,35,42)(H,36,41)(H,37,40)/t23?,24?,25?,26?,28-/m1/s1. The minimum absolute atomic E-state index is 0.0252. The highest BCUT2D eigenvalue weighted by atomic mass is 16.2. The number of carbonyl (C=O) groups is 5. The maximum Gasteiger partial charge on any atom is 0.289 e. The van der Waals surface area contributed by atoms with Crippen LogP contribution in [0.1, 0.15) is 118 Å². The van der Waals surface area contributed by atoms with Crippen molar-refractivity contribution in [3.63, 3.8) is 0 Å². The maximum absolute atomic E-state index is 14.2. The first-order valence-electron chi connectivity index (χ1n) is 16.9. The summed E-state index contributed by atoms with van der Waals surface area (Å²) in [4.78, 5) is 68.7. The molecule has 5 atom stereocenters. The first-order chi connectivity index (χ1) is 20.4. The van der Waals surface area contributed by atoms with E-state index >= 15 is 0 Å². The molecular weight excluding hydrogens is 546 g/mol. The lowest BCUT2D eigenvalue weighted by Gasteiger charge is -2.53. The average molecular weight is 602 g/mol. The van der Waals surface area contributed by atoms with E-state index < -0.39 is 41.3 Å². The fourth-order valence-corrected chi connectivity index (χ4v) is 7.28. The van der Waals surface area contributed by atoms with Gasteiger partial charge >= 0.3 is 0 Å². The molecule has 242 valence electrons. The Bertz CT molecular complexity index is 1030. The van der Waals surface area contributed by atoms with Crippen molar-refractivity contribution in [2.75, 3.05) is 6.54 Å². The van der Waals surface area contributed by atoms with Crippen molar-refractivity contribution in [3.8, 4) is 0 Å². The largest absolute Gasteiger partial charge is 0.347 e. The van der Waals surface area contributed by atoms with Gasteiger partial charge in [0.05, 0.1) is 12.1 Å². The van der Waals surface area contributed by atoms with Gasteiger partial charge < -0.3 is 26.6 Å². The van der Waals surface area contributed by atoms with Crippen LogP contribution in [0.5, 0.6) is 0 Å². The zero-order chi connectivity index (χ0) is 31.3. The SMILES string of the molecule is CCCC(NC(=O)C1C(C2CCCCC2)CN1C(=O)[C@@H](NC(=O)C(N)C1CCCCC1)C(C)(C)C)C(=O)C(=O)NC1CC1. The average Bonchev–Trinajstić information content (AvgIpc) is 3.78. The number of rotatable bonds is 12. The van der Waals surface area contributed by atoms with Crippen molar-refractivity contribution in [2.45, 2.75) is 148 Å². The van der Waals surface area contributed by atoms with Gasteiger partial charge in [-0.15, -0.1) is 0 Å². The van der Waals surface area contributed by atoms with E-state index in [0.717, 1.165) is 70.6 Å². The van der Waals surface area contributed by atoms with Crippen LogP contribution in [0.2, 0.25) is 0 Å². The van der Waals surface area contributed by atoms with Crippen LogP contribution in [-0.4, -0.2) is 71.1 Å². The predicted molar refractivity (Wildman–Crippen MR) is 165 cm³/mol. The molecule has 0 bridgehead atoms. The van der Waals surface area contributed by atoms with Crippen LogP contribution in [-0.2, 0) is 24.0 Å². The van der Waals surface area contributed by atoms with Gasteiger partial charge in [-0.05, 0) is 49.4 Å². The smallest absolute Gasteiger partial charge is 0.289 e. The number of hydrogen-bond donors (Lipinski definition) is 4. The third-order valence-corrected chi connectivity index (χ3v) is 10.2. The molecule has 10 nitrogen and oxygen atoms in total. The molecule has 1 heterocycles. The molecule has 0 radical (unpaired) electrons. The molecule has 0 aromatic rings. The fourth-order valence-electron chi connectivity index (χ4n) is 7.28. The molecule has 4 unspecified atom stereocenters. The van der Waals surface area contributed by atoms with Crippen LogP contribution < -0.4 is 21.7 Å². The summed E-state index contributed by atoms with van der Waals surface area (Å²) >= 11 is 0. The van der Waals surface area contributed by atoms with Crippen molar-refractivity contribution < 1.29 is 24.0 Å². The highest BCUT2D eigenvalue weighted by Crippen LogP contribution is 2.41. The van der Waals surface area contributed by atoms with Gasteiger partial charge in [0.1, 0.15) is 12.1 Å². The molecule has 4 rings (SSSR count). The second-order valence-electron chi connectivity index (χ2n) is 14.7. The number of likely N-dealkylation sites (tertiary alicyclic amines) is 1. The third-order valence-electron chi connectivity index (χ3n) is 10.2. The van der Waals surface area contributed by atoms with Gasteiger partial charge in [0.2, 0.25) is 23.5 Å². The molecular formula is C33H55N5O5. The summed E-state index contributed by atoms with van der Waals surface area (Å²) in [6.07, 6.45) is 13.2. The van der Waals surface area contributed by atoms with Gasteiger partial charge in [-0.25, -0.2) is 0 Å². The first-order valence-corrected chi connectivity index (χ1v) is 16.9. The van der Waals surface area contributed by atoms with Gasteiger partial charge in [-0.2, -0.15) is 0 Å². The number of nitrogens with two attached hydrogens (primary N) is 1. The number of nitrogens with one attached hydrogen (secondary N) is 3. The van der Waals surface area contributed by atoms with Crippen LogP contribution in [0.25, 0.3) is 0 Å². The number of nitrogens with zero attached hydrogens (tertiary/aromatic N) is 1. The number of ketones is 1. The second kappa shape index (κ2) is 14.5. The molecule has 1 aliphatic heterocycles. The highest BCUT2D eigenvalue weighted by molar-refractivity contribution is 6.38. The lowest BCUT2D eigenvalue weighted by molar-refractivity contribution is -0.162. The number of hydrogen-bond acceptors (Lipinski definition) is 6. The quantitative estimate of drug-likeness (QED) is 0.253. The van der Waals surface area contributed by atoms with Gasteiger partial charge in [-0.3, -0.25) is 24.0 Å². The van der Waals surface area contributed by atoms with E-state index in [1.807, 2.05) is 27.7 Å². The van der Waals surface area contributed by atoms with Crippen LogP contribution in [0.15, 0.2) is 0 Å². The van der Waals surface area contributed by atoms with E-state index in [2.05, 4.69) is 16.0 Å². The molecule has 0 spiro atoms. The Morgan fingerprint density at radius 1 is 0.860 bits per heavy atom. The Hall–Kier alpha value is -2.49. The molecule has 4 fully saturated rings. The van der Waals surface area contributed by atoms with Crippen molar-refractivity contribution in [2.24, 2.45) is 28.9 Å². The van der Waals surface area contributed by atoms with Gasteiger partial charge in [0.25, 0.3) is 5.91 Å². The molecule has 4 amide bonds. The van der Waals surface area contributed by atoms with Crippen molar-refractivity contribution in [1.82, 2.24) is 20.9 Å². The Labute approximate surface area is 257 Å². The van der Waals surface area contributed by atoms with E-state index in [4.69, 9.17) is 5.73 Å². The summed E-state index contributed by atoms with van der Waals surface area (Å²) in [5, 5.41) is 8.60. The van der Waals surface area contributed by atoms with Gasteiger partial charge in [-0.1, -0.05) is 85.5 Å².